The van der Waals surface area contributed by atoms with Gasteiger partial charge in [-0.25, -0.2) is 4.79 Å². The van der Waals surface area contributed by atoms with Crippen molar-refractivity contribution in [1.82, 2.24) is 4.98 Å². The zero-order chi connectivity index (χ0) is 14.0. The van der Waals surface area contributed by atoms with Crippen LogP contribution < -0.4 is 5.32 Å². The van der Waals surface area contributed by atoms with Crippen molar-refractivity contribution in [2.45, 2.75) is 6.92 Å². The van der Waals surface area contributed by atoms with Crippen molar-refractivity contribution in [3.05, 3.63) is 33.9 Å². The normalized spacial score (nSPS) is 10.5. The molecule has 0 saturated heterocycles. The first-order valence-electron chi connectivity index (χ1n) is 5.71. The summed E-state index contributed by atoms with van der Waals surface area (Å²) in [4.78, 5) is 16.1. The minimum absolute atomic E-state index is 0.295. The van der Waals surface area contributed by atoms with Gasteiger partial charge in [0.25, 0.3) is 0 Å². The largest absolute Gasteiger partial charge is 0.462 e. The van der Waals surface area contributed by atoms with Gasteiger partial charge in [-0.1, -0.05) is 23.2 Å². The Balaban J connectivity index is 2.76. The predicted molar refractivity (Wildman–Crippen MR) is 77.3 cm³/mol. The van der Waals surface area contributed by atoms with Crippen LogP contribution in [0.25, 0.3) is 10.9 Å². The molecular weight excluding hydrogens is 287 g/mol. The molecule has 0 aliphatic heterocycles. The van der Waals surface area contributed by atoms with E-state index in [4.69, 9.17) is 27.9 Å². The van der Waals surface area contributed by atoms with Gasteiger partial charge in [-0.15, -0.1) is 0 Å². The number of fused-ring (bicyclic) bond motifs is 1. The maximum atomic E-state index is 11.9. The van der Waals surface area contributed by atoms with Gasteiger partial charge >= 0.3 is 5.97 Å². The molecule has 0 fully saturated rings. The van der Waals surface area contributed by atoms with Crippen LogP contribution in [0.5, 0.6) is 0 Å². The average Bonchev–Trinajstić information content (AvgIpc) is 2.41. The first kappa shape index (κ1) is 13.9. The number of carbonyl (C=O) groups is 1. The molecule has 0 radical (unpaired) electrons. The highest BCUT2D eigenvalue weighted by atomic mass is 35.5. The summed E-state index contributed by atoms with van der Waals surface area (Å²) in [6.45, 7) is 2.04. The van der Waals surface area contributed by atoms with Crippen molar-refractivity contribution in [3.63, 3.8) is 0 Å². The zero-order valence-electron chi connectivity index (χ0n) is 10.5. The van der Waals surface area contributed by atoms with E-state index in [1.807, 2.05) is 0 Å². The number of rotatable bonds is 3. The van der Waals surface area contributed by atoms with Crippen LogP contribution in [0.4, 0.5) is 5.69 Å². The number of nitrogens with one attached hydrogen (secondary N) is 1. The number of anilines is 1. The van der Waals surface area contributed by atoms with E-state index in [0.29, 0.717) is 38.8 Å². The number of benzene rings is 1. The fraction of sp³-hybridized carbons (Fsp3) is 0.231. The number of halogens is 2. The van der Waals surface area contributed by atoms with Crippen molar-refractivity contribution < 1.29 is 9.53 Å². The average molecular weight is 299 g/mol. The highest BCUT2D eigenvalue weighted by molar-refractivity contribution is 6.41. The van der Waals surface area contributed by atoms with Gasteiger partial charge in [0.2, 0.25) is 0 Å². The van der Waals surface area contributed by atoms with Crippen LogP contribution in [0.2, 0.25) is 10.0 Å². The molecule has 0 unspecified atom stereocenters. The molecule has 4 nitrogen and oxygen atoms in total. The maximum Gasteiger partial charge on any atom is 0.341 e. The lowest BCUT2D eigenvalue weighted by Gasteiger charge is -2.12. The number of nitrogens with zero attached hydrogens (tertiary/aromatic N) is 1. The van der Waals surface area contributed by atoms with Crippen LogP contribution in [0.15, 0.2) is 18.3 Å². The summed E-state index contributed by atoms with van der Waals surface area (Å²) < 4.78 is 4.99. The molecule has 1 N–H and O–H groups in total. The molecule has 0 aliphatic rings. The fourth-order valence-corrected chi connectivity index (χ4v) is 2.31. The minimum atomic E-state index is -0.447. The molecule has 1 heterocycles. The lowest BCUT2D eigenvalue weighted by molar-refractivity contribution is 0.0527. The summed E-state index contributed by atoms with van der Waals surface area (Å²) in [6.07, 6.45) is 1.44. The van der Waals surface area contributed by atoms with Crippen LogP contribution >= 0.6 is 23.2 Å². The summed E-state index contributed by atoms with van der Waals surface area (Å²) >= 11 is 12.3. The SMILES string of the molecule is CCOC(=O)c1cnc2c(Cl)ccc(Cl)c2c1NC. The quantitative estimate of drug-likeness (QED) is 0.877. The number of hydrogen-bond acceptors (Lipinski definition) is 4. The monoisotopic (exact) mass is 298 g/mol. The second-order valence-electron chi connectivity index (χ2n) is 3.77. The number of carbonyl (C=O) groups excluding carboxylic acids is 1. The zero-order valence-corrected chi connectivity index (χ0v) is 12.0. The van der Waals surface area contributed by atoms with Gasteiger partial charge in [-0.05, 0) is 19.1 Å². The van der Waals surface area contributed by atoms with Crippen molar-refractivity contribution in [2.75, 3.05) is 19.0 Å². The second-order valence-corrected chi connectivity index (χ2v) is 4.58. The Bertz CT molecular complexity index is 644. The third-order valence-corrected chi connectivity index (χ3v) is 3.29. The number of pyridine rings is 1. The summed E-state index contributed by atoms with van der Waals surface area (Å²) in [5.41, 5.74) is 1.45. The van der Waals surface area contributed by atoms with Crippen molar-refractivity contribution in [3.8, 4) is 0 Å². The van der Waals surface area contributed by atoms with Gasteiger partial charge in [0.15, 0.2) is 0 Å². The third-order valence-electron chi connectivity index (χ3n) is 2.67. The Morgan fingerprint density at radius 3 is 2.68 bits per heavy atom. The summed E-state index contributed by atoms with van der Waals surface area (Å²) in [5, 5.41) is 4.53. The third kappa shape index (κ3) is 2.46. The Kier molecular flexibility index (Phi) is 4.12. The Morgan fingerprint density at radius 2 is 2.05 bits per heavy atom. The second kappa shape index (κ2) is 5.63. The molecule has 6 heteroatoms. The predicted octanol–water partition coefficient (Wildman–Crippen LogP) is 3.76. The molecule has 100 valence electrons. The van der Waals surface area contributed by atoms with E-state index in [-0.39, 0.29) is 0 Å². The number of aromatic nitrogens is 1. The molecule has 19 heavy (non-hydrogen) atoms. The summed E-state index contributed by atoms with van der Waals surface area (Å²) in [5.74, 6) is -0.447. The van der Waals surface area contributed by atoms with Gasteiger partial charge in [-0.3, -0.25) is 4.98 Å². The van der Waals surface area contributed by atoms with Gasteiger partial charge in [0.1, 0.15) is 5.56 Å². The lowest BCUT2D eigenvalue weighted by Crippen LogP contribution is -2.09. The smallest absolute Gasteiger partial charge is 0.341 e. The van der Waals surface area contributed by atoms with E-state index in [2.05, 4.69) is 10.3 Å². The van der Waals surface area contributed by atoms with Gasteiger partial charge in [-0.2, -0.15) is 0 Å². The van der Waals surface area contributed by atoms with Crippen LogP contribution in [0.1, 0.15) is 17.3 Å². The molecule has 1 aromatic heterocycles. The topological polar surface area (TPSA) is 51.2 Å². The molecule has 0 bridgehead atoms. The maximum absolute atomic E-state index is 11.9. The summed E-state index contributed by atoms with van der Waals surface area (Å²) in [6, 6.07) is 3.34. The van der Waals surface area contributed by atoms with E-state index in [1.165, 1.54) is 6.20 Å². The highest BCUT2D eigenvalue weighted by Crippen LogP contribution is 2.35. The van der Waals surface area contributed by atoms with Crippen molar-refractivity contribution >= 4 is 45.8 Å². The van der Waals surface area contributed by atoms with Crippen molar-refractivity contribution in [1.29, 1.82) is 0 Å². The summed E-state index contributed by atoms with van der Waals surface area (Å²) in [7, 11) is 1.70. The van der Waals surface area contributed by atoms with Crippen LogP contribution in [-0.4, -0.2) is 24.6 Å². The molecule has 0 saturated carbocycles. The van der Waals surface area contributed by atoms with Gasteiger partial charge < -0.3 is 10.1 Å². The molecule has 2 aromatic rings. The number of hydrogen-bond donors (Lipinski definition) is 1. The van der Waals surface area contributed by atoms with E-state index in [1.54, 1.807) is 26.1 Å². The van der Waals surface area contributed by atoms with Gasteiger partial charge in [0.05, 0.1) is 27.9 Å². The molecular formula is C13H12Cl2N2O2. The Labute approximate surface area is 120 Å². The van der Waals surface area contributed by atoms with Crippen LogP contribution in [0.3, 0.4) is 0 Å². The van der Waals surface area contributed by atoms with E-state index < -0.39 is 5.97 Å². The molecule has 0 spiro atoms. The standard InChI is InChI=1S/C13H12Cl2N2O2/c1-3-19-13(18)7-6-17-12-9(15)5-4-8(14)10(12)11(7)16-2/h4-6H,3H2,1-2H3,(H,16,17). The van der Waals surface area contributed by atoms with E-state index in [0.717, 1.165) is 0 Å². The first-order chi connectivity index (χ1) is 9.10. The fourth-order valence-electron chi connectivity index (χ4n) is 1.86. The molecule has 2 rings (SSSR count). The van der Waals surface area contributed by atoms with E-state index in [9.17, 15) is 4.79 Å². The molecule has 0 atom stereocenters. The van der Waals surface area contributed by atoms with E-state index >= 15 is 0 Å². The van der Waals surface area contributed by atoms with Crippen molar-refractivity contribution in [2.24, 2.45) is 0 Å². The Morgan fingerprint density at radius 1 is 1.37 bits per heavy atom. The lowest BCUT2D eigenvalue weighted by atomic mass is 10.1. The number of esters is 1. The minimum Gasteiger partial charge on any atom is -0.462 e. The first-order valence-corrected chi connectivity index (χ1v) is 6.47. The number of ether oxygens (including phenoxy) is 1. The highest BCUT2D eigenvalue weighted by Gasteiger charge is 2.18. The Hall–Kier alpha value is -1.52. The molecule has 1 aromatic carbocycles. The van der Waals surface area contributed by atoms with Gasteiger partial charge in [0, 0.05) is 18.6 Å². The van der Waals surface area contributed by atoms with Crippen LogP contribution in [0, 0.1) is 0 Å². The molecule has 0 amide bonds. The van der Waals surface area contributed by atoms with Crippen LogP contribution in [-0.2, 0) is 4.74 Å². The molecule has 0 aliphatic carbocycles.